The number of nitrogens with one attached hydrogen (secondary N) is 1. The highest BCUT2D eigenvalue weighted by molar-refractivity contribution is 5.90. The fraction of sp³-hybridized carbons (Fsp3) is 0.211. The Bertz CT molecular complexity index is 1000. The molecule has 0 aliphatic carbocycles. The second kappa shape index (κ2) is 8.21. The van der Waals surface area contributed by atoms with Crippen molar-refractivity contribution in [3.05, 3.63) is 53.6 Å². The van der Waals surface area contributed by atoms with Crippen LogP contribution in [0.5, 0.6) is 11.5 Å². The largest absolute Gasteiger partial charge is 0.493 e. The topological polar surface area (TPSA) is 86.5 Å². The average Bonchev–Trinajstić information content (AvgIpc) is 3.15. The van der Waals surface area contributed by atoms with Crippen LogP contribution in [0.2, 0.25) is 0 Å². The van der Waals surface area contributed by atoms with Crippen LogP contribution in [0.1, 0.15) is 11.1 Å². The third kappa shape index (κ3) is 4.84. The van der Waals surface area contributed by atoms with Crippen molar-refractivity contribution in [2.45, 2.75) is 12.6 Å². The van der Waals surface area contributed by atoms with Crippen molar-refractivity contribution < 1.29 is 31.9 Å². The summed E-state index contributed by atoms with van der Waals surface area (Å²) in [6, 6.07) is 9.14. The van der Waals surface area contributed by atoms with Crippen LogP contribution in [0.4, 0.5) is 19.2 Å². The molecule has 0 unspecified atom stereocenters. The van der Waals surface area contributed by atoms with Crippen molar-refractivity contribution in [2.24, 2.45) is 0 Å². The van der Waals surface area contributed by atoms with Gasteiger partial charge in [0.1, 0.15) is 0 Å². The fourth-order valence-electron chi connectivity index (χ4n) is 2.53. The molecule has 2 aromatic carbocycles. The number of ether oxygens (including phenoxy) is 2. The Morgan fingerprint density at radius 2 is 1.72 bits per heavy atom. The number of hydrogen-bond donors (Lipinski definition) is 1. The van der Waals surface area contributed by atoms with Crippen molar-refractivity contribution >= 4 is 11.9 Å². The molecular formula is C19H16F3N3O4. The van der Waals surface area contributed by atoms with Crippen molar-refractivity contribution in [3.8, 4) is 23.0 Å². The SMILES string of the molecule is COc1ccc(CC(=O)Nc2nnc(-c3ccc(C(F)(F)F)cc3)o2)cc1OC. The van der Waals surface area contributed by atoms with Crippen LogP contribution in [-0.4, -0.2) is 30.3 Å². The zero-order valence-corrected chi connectivity index (χ0v) is 15.4. The zero-order valence-electron chi connectivity index (χ0n) is 15.4. The molecule has 3 aromatic rings. The van der Waals surface area contributed by atoms with Crippen molar-refractivity contribution in [2.75, 3.05) is 19.5 Å². The standard InChI is InChI=1S/C19H16F3N3O4/c1-27-14-8-3-11(9-15(14)28-2)10-16(26)23-18-25-24-17(29-18)12-4-6-13(7-5-12)19(20,21)22/h3-9H,10H2,1-2H3,(H,23,25,26). The Balaban J connectivity index is 1.66. The second-order valence-electron chi connectivity index (χ2n) is 5.90. The number of halogens is 3. The number of rotatable bonds is 6. The normalized spacial score (nSPS) is 11.2. The first kappa shape index (κ1) is 20.2. The van der Waals surface area contributed by atoms with Gasteiger partial charge in [0, 0.05) is 5.56 Å². The number of alkyl halides is 3. The van der Waals surface area contributed by atoms with E-state index >= 15 is 0 Å². The maximum absolute atomic E-state index is 12.6. The predicted molar refractivity (Wildman–Crippen MR) is 96.6 cm³/mol. The van der Waals surface area contributed by atoms with E-state index in [-0.39, 0.29) is 18.3 Å². The summed E-state index contributed by atoms with van der Waals surface area (Å²) in [6.45, 7) is 0. The lowest BCUT2D eigenvalue weighted by Gasteiger charge is -2.09. The Hall–Kier alpha value is -3.56. The van der Waals surface area contributed by atoms with E-state index in [0.29, 0.717) is 22.6 Å². The summed E-state index contributed by atoms with van der Waals surface area (Å²) < 4.78 is 53.5. The van der Waals surface area contributed by atoms with Gasteiger partial charge >= 0.3 is 12.2 Å². The molecule has 0 saturated carbocycles. The van der Waals surface area contributed by atoms with E-state index in [1.54, 1.807) is 18.2 Å². The lowest BCUT2D eigenvalue weighted by atomic mass is 10.1. The quantitative estimate of drug-likeness (QED) is 0.666. The van der Waals surface area contributed by atoms with E-state index in [0.717, 1.165) is 12.1 Å². The molecule has 1 N–H and O–H groups in total. The average molecular weight is 407 g/mol. The number of nitrogens with zero attached hydrogens (tertiary/aromatic N) is 2. The minimum absolute atomic E-state index is 0.0122. The molecule has 0 aliphatic rings. The lowest BCUT2D eigenvalue weighted by molar-refractivity contribution is -0.137. The third-order valence-electron chi connectivity index (χ3n) is 3.94. The van der Waals surface area contributed by atoms with Crippen LogP contribution in [0, 0.1) is 0 Å². The third-order valence-corrected chi connectivity index (χ3v) is 3.94. The molecule has 7 nitrogen and oxygen atoms in total. The van der Waals surface area contributed by atoms with Crippen LogP contribution in [0.15, 0.2) is 46.9 Å². The van der Waals surface area contributed by atoms with Gasteiger partial charge in [0.25, 0.3) is 0 Å². The number of hydrogen-bond acceptors (Lipinski definition) is 6. The van der Waals surface area contributed by atoms with Crippen LogP contribution in [0.3, 0.4) is 0 Å². The lowest BCUT2D eigenvalue weighted by Crippen LogP contribution is -2.14. The van der Waals surface area contributed by atoms with Crippen LogP contribution in [-0.2, 0) is 17.4 Å². The highest BCUT2D eigenvalue weighted by Crippen LogP contribution is 2.31. The molecule has 29 heavy (non-hydrogen) atoms. The number of amides is 1. The summed E-state index contributed by atoms with van der Waals surface area (Å²) >= 11 is 0. The molecule has 0 spiro atoms. The number of carbonyl (C=O) groups is 1. The van der Waals surface area contributed by atoms with Gasteiger partial charge in [0.15, 0.2) is 11.5 Å². The number of carbonyl (C=O) groups excluding carboxylic acids is 1. The number of benzene rings is 2. The Labute approximate surface area is 163 Å². The van der Waals surface area contributed by atoms with Crippen LogP contribution >= 0.6 is 0 Å². The molecule has 0 fully saturated rings. The molecule has 0 atom stereocenters. The summed E-state index contributed by atoms with van der Waals surface area (Å²) in [5.41, 5.74) is 0.178. The van der Waals surface area contributed by atoms with Crippen molar-refractivity contribution in [3.63, 3.8) is 0 Å². The van der Waals surface area contributed by atoms with E-state index in [9.17, 15) is 18.0 Å². The highest BCUT2D eigenvalue weighted by Gasteiger charge is 2.30. The Morgan fingerprint density at radius 3 is 2.34 bits per heavy atom. The molecule has 152 valence electrons. The van der Waals surface area contributed by atoms with Gasteiger partial charge in [0.05, 0.1) is 26.2 Å². The number of aromatic nitrogens is 2. The molecule has 1 heterocycles. The molecule has 1 aromatic heterocycles. The van der Waals surface area contributed by atoms with Crippen LogP contribution in [0.25, 0.3) is 11.5 Å². The summed E-state index contributed by atoms with van der Waals surface area (Å²) in [4.78, 5) is 12.2. The highest BCUT2D eigenvalue weighted by atomic mass is 19.4. The van der Waals surface area contributed by atoms with E-state index in [1.165, 1.54) is 26.4 Å². The zero-order chi connectivity index (χ0) is 21.0. The first-order chi connectivity index (χ1) is 13.8. The van der Waals surface area contributed by atoms with Gasteiger partial charge in [-0.2, -0.15) is 13.2 Å². The summed E-state index contributed by atoms with van der Waals surface area (Å²) in [5.74, 6) is 0.593. The van der Waals surface area contributed by atoms with Crippen LogP contribution < -0.4 is 14.8 Å². The van der Waals surface area contributed by atoms with Gasteiger partial charge in [-0.1, -0.05) is 11.2 Å². The molecule has 3 rings (SSSR count). The van der Waals surface area contributed by atoms with Gasteiger partial charge < -0.3 is 13.9 Å². The molecule has 0 radical (unpaired) electrons. The molecule has 1 amide bonds. The van der Waals surface area contributed by atoms with Crippen molar-refractivity contribution in [1.82, 2.24) is 10.2 Å². The molecule has 10 heteroatoms. The molecular weight excluding hydrogens is 391 g/mol. The van der Waals surface area contributed by atoms with E-state index in [2.05, 4.69) is 15.5 Å². The van der Waals surface area contributed by atoms with E-state index in [1.807, 2.05) is 0 Å². The Morgan fingerprint density at radius 1 is 1.03 bits per heavy atom. The van der Waals surface area contributed by atoms with Gasteiger partial charge in [0.2, 0.25) is 11.8 Å². The van der Waals surface area contributed by atoms with Gasteiger partial charge in [-0.15, -0.1) is 5.10 Å². The summed E-state index contributed by atoms with van der Waals surface area (Å²) in [7, 11) is 3.00. The molecule has 0 saturated heterocycles. The van der Waals surface area contributed by atoms with Crippen molar-refractivity contribution in [1.29, 1.82) is 0 Å². The molecule has 0 aliphatic heterocycles. The summed E-state index contributed by atoms with van der Waals surface area (Å²) in [6.07, 6.45) is -4.42. The first-order valence-electron chi connectivity index (χ1n) is 8.32. The maximum Gasteiger partial charge on any atom is 0.416 e. The van der Waals surface area contributed by atoms with Gasteiger partial charge in [-0.05, 0) is 42.0 Å². The summed E-state index contributed by atoms with van der Waals surface area (Å²) in [5, 5.41) is 9.88. The minimum Gasteiger partial charge on any atom is -0.493 e. The molecule has 0 bridgehead atoms. The van der Waals surface area contributed by atoms with E-state index < -0.39 is 17.6 Å². The second-order valence-corrected chi connectivity index (χ2v) is 5.90. The fourth-order valence-corrected chi connectivity index (χ4v) is 2.53. The predicted octanol–water partition coefficient (Wildman–Crippen LogP) is 3.95. The Kier molecular flexibility index (Phi) is 5.71. The van der Waals surface area contributed by atoms with E-state index in [4.69, 9.17) is 13.9 Å². The minimum atomic E-state index is -4.43. The number of anilines is 1. The monoisotopic (exact) mass is 407 g/mol. The van der Waals surface area contributed by atoms with Gasteiger partial charge in [-0.25, -0.2) is 0 Å². The van der Waals surface area contributed by atoms with Gasteiger partial charge in [-0.3, -0.25) is 10.1 Å². The maximum atomic E-state index is 12.6. The smallest absolute Gasteiger partial charge is 0.416 e. The number of methoxy groups -OCH3 is 2. The first-order valence-corrected chi connectivity index (χ1v) is 8.32.